The van der Waals surface area contributed by atoms with E-state index in [0.29, 0.717) is 0 Å². The molecule has 0 atom stereocenters. The Hall–Kier alpha value is -4.84. The second-order valence-electron chi connectivity index (χ2n) is 6.80. The van der Waals surface area contributed by atoms with Crippen molar-refractivity contribution >= 4 is 42.8 Å². The number of hydrazone groups is 2. The molecule has 6 heteroatoms. The molecular weight excluding hydrogens is 420 g/mol. The van der Waals surface area contributed by atoms with Crippen molar-refractivity contribution in [1.82, 2.24) is 10.9 Å². The molecule has 0 spiro atoms. The SMILES string of the molecule is C(/C=C/c1ccccc1)=N/N=C(N/N=C/C=C/c1ccccc1)N/N=C/C=C/c1ccccc1. The predicted molar refractivity (Wildman–Crippen MR) is 146 cm³/mol. The van der Waals surface area contributed by atoms with Gasteiger partial charge in [-0.1, -0.05) is 109 Å². The maximum atomic E-state index is 4.14. The van der Waals surface area contributed by atoms with Gasteiger partial charge < -0.3 is 0 Å². The van der Waals surface area contributed by atoms with Crippen molar-refractivity contribution in [3.05, 3.63) is 126 Å². The number of guanidine groups is 1. The first kappa shape index (κ1) is 23.8. The summed E-state index contributed by atoms with van der Waals surface area (Å²) in [6.07, 6.45) is 16.2. The summed E-state index contributed by atoms with van der Waals surface area (Å²) in [6.45, 7) is 0. The van der Waals surface area contributed by atoms with Crippen molar-refractivity contribution in [3.8, 4) is 0 Å². The number of nitrogens with zero attached hydrogens (tertiary/aromatic N) is 4. The van der Waals surface area contributed by atoms with Crippen LogP contribution >= 0.6 is 0 Å². The third kappa shape index (κ3) is 9.98. The highest BCUT2D eigenvalue weighted by Gasteiger charge is 1.92. The van der Waals surface area contributed by atoms with E-state index in [9.17, 15) is 0 Å². The van der Waals surface area contributed by atoms with Crippen molar-refractivity contribution < 1.29 is 0 Å². The number of hydrogen-bond acceptors (Lipinski definition) is 4. The van der Waals surface area contributed by atoms with Crippen LogP contribution < -0.4 is 10.9 Å². The maximum absolute atomic E-state index is 4.14. The number of hydrogen-bond donors (Lipinski definition) is 2. The Kier molecular flexibility index (Phi) is 10.5. The molecule has 0 radical (unpaired) electrons. The summed E-state index contributed by atoms with van der Waals surface area (Å²) >= 11 is 0. The van der Waals surface area contributed by atoms with Gasteiger partial charge in [0.05, 0.1) is 0 Å². The van der Waals surface area contributed by atoms with Crippen LogP contribution in [0.1, 0.15) is 16.7 Å². The van der Waals surface area contributed by atoms with Gasteiger partial charge in [-0.25, -0.2) is 10.9 Å². The lowest BCUT2D eigenvalue weighted by Gasteiger charge is -2.01. The van der Waals surface area contributed by atoms with Gasteiger partial charge in [0.15, 0.2) is 0 Å². The number of allylic oxidation sites excluding steroid dienone is 3. The highest BCUT2D eigenvalue weighted by molar-refractivity contribution is 5.85. The lowest BCUT2D eigenvalue weighted by atomic mass is 10.2. The van der Waals surface area contributed by atoms with Gasteiger partial charge in [0.25, 0.3) is 5.96 Å². The van der Waals surface area contributed by atoms with Gasteiger partial charge in [-0.2, -0.15) is 15.3 Å². The smallest absolute Gasteiger partial charge is 0.244 e. The molecule has 0 amide bonds. The minimum Gasteiger partial charge on any atom is -0.244 e. The van der Waals surface area contributed by atoms with Gasteiger partial charge >= 0.3 is 0 Å². The lowest BCUT2D eigenvalue weighted by molar-refractivity contribution is 0.891. The Bertz CT molecular complexity index is 1110. The molecule has 0 aliphatic rings. The normalized spacial score (nSPS) is 12.0. The molecule has 0 saturated carbocycles. The molecule has 168 valence electrons. The monoisotopic (exact) mass is 446 g/mol. The van der Waals surface area contributed by atoms with E-state index in [1.54, 1.807) is 18.6 Å². The van der Waals surface area contributed by atoms with Crippen LogP contribution in [0.4, 0.5) is 0 Å². The van der Waals surface area contributed by atoms with Crippen LogP contribution in [-0.2, 0) is 0 Å². The van der Waals surface area contributed by atoms with E-state index >= 15 is 0 Å². The molecule has 0 unspecified atom stereocenters. The standard InChI is InChI=1S/C28H26N6/c1-4-13-25(14-5-1)19-10-22-29-32-28(33-30-23-11-20-26-15-6-2-7-16-26)34-31-24-12-21-27-17-8-3-9-18-27/h1-24H,(H2,32,33,34)/b19-10+,20-11+,21-12+,29-22-,30-23+,31-24+. The van der Waals surface area contributed by atoms with Crippen molar-refractivity contribution in [3.63, 3.8) is 0 Å². The quantitative estimate of drug-likeness (QED) is 0.254. The van der Waals surface area contributed by atoms with Gasteiger partial charge in [-0.15, -0.1) is 5.10 Å². The zero-order valence-electron chi connectivity index (χ0n) is 18.6. The summed E-state index contributed by atoms with van der Waals surface area (Å²) in [4.78, 5) is 0. The first-order valence-electron chi connectivity index (χ1n) is 10.7. The zero-order valence-corrected chi connectivity index (χ0v) is 18.6. The maximum Gasteiger partial charge on any atom is 0.257 e. The summed E-state index contributed by atoms with van der Waals surface area (Å²) in [5.41, 5.74) is 8.87. The average Bonchev–Trinajstić information content (AvgIpc) is 2.89. The number of nitrogens with one attached hydrogen (secondary N) is 2. The van der Waals surface area contributed by atoms with Gasteiger partial charge in [-0.3, -0.25) is 0 Å². The predicted octanol–water partition coefficient (Wildman–Crippen LogP) is 5.62. The van der Waals surface area contributed by atoms with E-state index in [4.69, 9.17) is 0 Å². The van der Waals surface area contributed by atoms with E-state index in [0.717, 1.165) is 16.7 Å². The van der Waals surface area contributed by atoms with Crippen LogP contribution in [0.15, 0.2) is 130 Å². The highest BCUT2D eigenvalue weighted by Crippen LogP contribution is 2.01. The Labute approximate surface area is 200 Å². The van der Waals surface area contributed by atoms with Crippen LogP contribution in [0.5, 0.6) is 0 Å². The van der Waals surface area contributed by atoms with E-state index in [1.165, 1.54) is 0 Å². The van der Waals surface area contributed by atoms with Crippen LogP contribution in [-0.4, -0.2) is 24.6 Å². The number of rotatable bonds is 9. The summed E-state index contributed by atoms with van der Waals surface area (Å²) in [7, 11) is 0. The molecule has 0 bridgehead atoms. The van der Waals surface area contributed by atoms with Gasteiger partial charge in [0, 0.05) is 18.6 Å². The van der Waals surface area contributed by atoms with Crippen LogP contribution in [0, 0.1) is 0 Å². The van der Waals surface area contributed by atoms with Crippen molar-refractivity contribution in [2.24, 2.45) is 20.4 Å². The Morgan fingerprint density at radius 2 is 0.882 bits per heavy atom. The van der Waals surface area contributed by atoms with E-state index < -0.39 is 0 Å². The summed E-state index contributed by atoms with van der Waals surface area (Å²) in [5.74, 6) is 0.276. The van der Waals surface area contributed by atoms with E-state index in [-0.39, 0.29) is 5.96 Å². The molecule has 6 nitrogen and oxygen atoms in total. The molecule has 0 saturated heterocycles. The second-order valence-corrected chi connectivity index (χ2v) is 6.80. The minimum atomic E-state index is 0.276. The molecule has 0 aliphatic heterocycles. The van der Waals surface area contributed by atoms with Crippen LogP contribution in [0.3, 0.4) is 0 Å². The van der Waals surface area contributed by atoms with Crippen molar-refractivity contribution in [2.45, 2.75) is 0 Å². The fourth-order valence-electron chi connectivity index (χ4n) is 2.64. The highest BCUT2D eigenvalue weighted by atomic mass is 15.5. The Morgan fingerprint density at radius 3 is 1.29 bits per heavy atom. The molecule has 0 heterocycles. The van der Waals surface area contributed by atoms with Gasteiger partial charge in [-0.05, 0) is 34.9 Å². The molecule has 0 fully saturated rings. The fourth-order valence-corrected chi connectivity index (χ4v) is 2.64. The Morgan fingerprint density at radius 1 is 0.500 bits per heavy atom. The van der Waals surface area contributed by atoms with E-state index in [2.05, 4.69) is 31.3 Å². The first-order valence-corrected chi connectivity index (χ1v) is 10.7. The number of benzene rings is 3. The lowest BCUT2D eigenvalue weighted by Crippen LogP contribution is -2.30. The zero-order chi connectivity index (χ0) is 23.5. The van der Waals surface area contributed by atoms with Crippen LogP contribution in [0.25, 0.3) is 18.2 Å². The van der Waals surface area contributed by atoms with Crippen molar-refractivity contribution in [1.29, 1.82) is 0 Å². The third-order valence-corrected chi connectivity index (χ3v) is 4.24. The molecule has 2 N–H and O–H groups in total. The van der Waals surface area contributed by atoms with E-state index in [1.807, 2.05) is 127 Å². The molecule has 3 aromatic carbocycles. The Balaban J connectivity index is 1.57. The molecule has 34 heavy (non-hydrogen) atoms. The molecule has 3 rings (SSSR count). The molecular formula is C28H26N6. The average molecular weight is 447 g/mol. The van der Waals surface area contributed by atoms with Crippen LogP contribution in [0.2, 0.25) is 0 Å². The summed E-state index contributed by atoms with van der Waals surface area (Å²) in [5, 5.41) is 16.4. The molecule has 0 aromatic heterocycles. The topological polar surface area (TPSA) is 73.5 Å². The van der Waals surface area contributed by atoms with Gasteiger partial charge in [0.1, 0.15) is 0 Å². The fraction of sp³-hybridized carbons (Fsp3) is 0. The second kappa shape index (κ2) is 15.0. The summed E-state index contributed by atoms with van der Waals surface area (Å²) < 4.78 is 0. The first-order chi connectivity index (χ1) is 16.9. The summed E-state index contributed by atoms with van der Waals surface area (Å²) in [6, 6.07) is 29.9. The third-order valence-electron chi connectivity index (χ3n) is 4.24. The largest absolute Gasteiger partial charge is 0.257 e. The molecule has 0 aliphatic carbocycles. The van der Waals surface area contributed by atoms with Crippen molar-refractivity contribution in [2.75, 3.05) is 0 Å². The minimum absolute atomic E-state index is 0.276. The molecule has 3 aromatic rings. The van der Waals surface area contributed by atoms with Gasteiger partial charge in [0.2, 0.25) is 0 Å².